The van der Waals surface area contributed by atoms with Crippen molar-refractivity contribution in [1.82, 2.24) is 4.90 Å². The molecular weight excluding hydrogens is 235 g/mol. The van der Waals surface area contributed by atoms with E-state index in [1.165, 1.54) is 0 Å². The Balaban J connectivity index is 2.46. The highest BCUT2D eigenvalue weighted by atomic mass is 19.4. The van der Waals surface area contributed by atoms with E-state index in [2.05, 4.69) is 6.58 Å². The molecule has 1 N–H and O–H groups in total. The lowest BCUT2D eigenvalue weighted by molar-refractivity contribution is -0.145. The van der Waals surface area contributed by atoms with Crippen LogP contribution in [0.2, 0.25) is 0 Å². The molecule has 3 nitrogen and oxygen atoms in total. The van der Waals surface area contributed by atoms with Crippen molar-refractivity contribution in [3.05, 3.63) is 23.4 Å². The molecule has 1 saturated heterocycles. The van der Waals surface area contributed by atoms with Crippen molar-refractivity contribution < 1.29 is 23.1 Å². The topological polar surface area (TPSA) is 40.5 Å². The van der Waals surface area contributed by atoms with Crippen molar-refractivity contribution in [2.75, 3.05) is 7.05 Å². The van der Waals surface area contributed by atoms with Crippen LogP contribution in [-0.2, 0) is 4.79 Å². The van der Waals surface area contributed by atoms with E-state index in [9.17, 15) is 18.0 Å². The van der Waals surface area contributed by atoms with Crippen molar-refractivity contribution >= 4 is 5.97 Å². The molecule has 0 aromatic heterocycles. The predicted octanol–water partition coefficient (Wildman–Crippen LogP) is 2.17. The van der Waals surface area contributed by atoms with Gasteiger partial charge in [-0.1, -0.05) is 6.58 Å². The number of hydrogen-bond acceptors (Lipinski definition) is 2. The molecule has 17 heavy (non-hydrogen) atoms. The zero-order chi connectivity index (χ0) is 13.0. The molecule has 0 radical (unpaired) electrons. The summed E-state index contributed by atoms with van der Waals surface area (Å²) in [5.41, 5.74) is -0.611. The van der Waals surface area contributed by atoms with Gasteiger partial charge in [0.25, 0.3) is 0 Å². The molecule has 94 valence electrons. The van der Waals surface area contributed by atoms with E-state index in [0.29, 0.717) is 6.42 Å². The number of allylic oxidation sites excluding steroid dienone is 1. The number of aliphatic carboxylic acids is 1. The van der Waals surface area contributed by atoms with E-state index in [1.807, 2.05) is 0 Å². The van der Waals surface area contributed by atoms with Crippen LogP contribution < -0.4 is 0 Å². The maximum Gasteiger partial charge on any atom is 0.423 e. The van der Waals surface area contributed by atoms with Crippen molar-refractivity contribution in [2.24, 2.45) is 5.92 Å². The van der Waals surface area contributed by atoms with Crippen molar-refractivity contribution in [1.29, 1.82) is 0 Å². The maximum absolute atomic E-state index is 12.7. The zero-order valence-electron chi connectivity index (χ0n) is 9.21. The minimum Gasteiger partial charge on any atom is -0.478 e. The Kier molecular flexibility index (Phi) is 2.48. The summed E-state index contributed by atoms with van der Waals surface area (Å²) in [5.74, 6) is -1.93. The third kappa shape index (κ3) is 1.71. The van der Waals surface area contributed by atoms with Gasteiger partial charge < -0.3 is 10.0 Å². The van der Waals surface area contributed by atoms with Crippen LogP contribution in [0, 0.1) is 5.92 Å². The predicted molar refractivity (Wildman–Crippen MR) is 54.1 cm³/mol. The van der Waals surface area contributed by atoms with Crippen LogP contribution in [-0.4, -0.2) is 35.2 Å². The van der Waals surface area contributed by atoms with E-state index in [1.54, 1.807) is 11.9 Å². The van der Waals surface area contributed by atoms with E-state index in [0.717, 1.165) is 5.70 Å². The lowest BCUT2D eigenvalue weighted by Gasteiger charge is -2.30. The molecule has 2 bridgehead atoms. The highest BCUT2D eigenvalue weighted by Crippen LogP contribution is 2.49. The first-order chi connectivity index (χ1) is 7.73. The van der Waals surface area contributed by atoms with Crippen LogP contribution in [0.3, 0.4) is 0 Å². The third-order valence-corrected chi connectivity index (χ3v) is 3.59. The van der Waals surface area contributed by atoms with Gasteiger partial charge in [-0.2, -0.15) is 13.2 Å². The molecule has 0 aromatic carbocycles. The Morgan fingerprint density at radius 1 is 1.53 bits per heavy atom. The van der Waals surface area contributed by atoms with Crippen LogP contribution >= 0.6 is 0 Å². The SMILES string of the molecule is C=C1C2C/C(=C(\C(=O)O)C(F)(F)F)C(C2)N1C. The van der Waals surface area contributed by atoms with Gasteiger partial charge in [0.2, 0.25) is 0 Å². The van der Waals surface area contributed by atoms with Crippen molar-refractivity contribution in [3.63, 3.8) is 0 Å². The molecule has 1 aliphatic carbocycles. The molecule has 2 rings (SSSR count). The molecule has 0 spiro atoms. The Morgan fingerprint density at radius 2 is 2.12 bits per heavy atom. The van der Waals surface area contributed by atoms with Gasteiger partial charge in [-0.05, 0) is 18.4 Å². The Labute approximate surface area is 96.2 Å². The zero-order valence-corrected chi connectivity index (χ0v) is 9.21. The molecular formula is C11H12F3NO2. The molecule has 2 fully saturated rings. The molecule has 1 aliphatic heterocycles. The van der Waals surface area contributed by atoms with Crippen molar-refractivity contribution in [3.8, 4) is 0 Å². The van der Waals surface area contributed by atoms with Crippen LogP contribution in [0.15, 0.2) is 23.4 Å². The van der Waals surface area contributed by atoms with Crippen LogP contribution in [0.25, 0.3) is 0 Å². The maximum atomic E-state index is 12.7. The monoisotopic (exact) mass is 247 g/mol. The summed E-state index contributed by atoms with van der Waals surface area (Å²) in [4.78, 5) is 12.4. The summed E-state index contributed by atoms with van der Waals surface area (Å²) in [6.07, 6.45) is -4.10. The quantitative estimate of drug-likeness (QED) is 0.722. The van der Waals surface area contributed by atoms with Gasteiger partial charge in [0.15, 0.2) is 0 Å². The molecule has 1 saturated carbocycles. The number of hydrogen-bond donors (Lipinski definition) is 1. The number of carbonyl (C=O) groups is 1. The lowest BCUT2D eigenvalue weighted by atomic mass is 9.97. The second kappa shape index (κ2) is 3.51. The highest BCUT2D eigenvalue weighted by molar-refractivity contribution is 5.89. The lowest BCUT2D eigenvalue weighted by Crippen LogP contribution is -2.33. The number of carboxylic acids is 1. The fourth-order valence-corrected chi connectivity index (χ4v) is 2.74. The van der Waals surface area contributed by atoms with Crippen LogP contribution in [0.1, 0.15) is 12.8 Å². The minimum atomic E-state index is -4.80. The van der Waals surface area contributed by atoms with Gasteiger partial charge in [0.1, 0.15) is 5.57 Å². The summed E-state index contributed by atoms with van der Waals surface area (Å²) < 4.78 is 38.1. The number of alkyl halides is 3. The molecule has 2 unspecified atom stereocenters. The average Bonchev–Trinajstić information content (AvgIpc) is 2.65. The molecule has 0 amide bonds. The molecule has 0 aromatic rings. The van der Waals surface area contributed by atoms with Crippen molar-refractivity contribution in [2.45, 2.75) is 25.1 Å². The normalized spacial score (nSPS) is 31.1. The summed E-state index contributed by atoms with van der Waals surface area (Å²) in [5, 5.41) is 8.73. The first-order valence-electron chi connectivity index (χ1n) is 5.18. The van der Waals surface area contributed by atoms with E-state index in [4.69, 9.17) is 5.11 Å². The summed E-state index contributed by atoms with van der Waals surface area (Å²) in [6.45, 7) is 3.79. The number of nitrogens with zero attached hydrogens (tertiary/aromatic N) is 1. The summed E-state index contributed by atoms with van der Waals surface area (Å²) in [7, 11) is 1.65. The fourth-order valence-electron chi connectivity index (χ4n) is 2.74. The van der Waals surface area contributed by atoms with Gasteiger partial charge in [-0.3, -0.25) is 0 Å². The first kappa shape index (κ1) is 12.0. The first-order valence-corrected chi connectivity index (χ1v) is 5.18. The third-order valence-electron chi connectivity index (χ3n) is 3.59. The average molecular weight is 247 g/mol. The number of likely N-dealkylation sites (N-methyl/N-ethyl adjacent to an activating group) is 1. The minimum absolute atomic E-state index is 0.00935. The van der Waals surface area contributed by atoms with Gasteiger partial charge in [0, 0.05) is 18.7 Å². The second-order valence-electron chi connectivity index (χ2n) is 4.46. The van der Waals surface area contributed by atoms with Gasteiger partial charge in [-0.15, -0.1) is 0 Å². The largest absolute Gasteiger partial charge is 0.478 e. The van der Waals surface area contributed by atoms with Crippen LogP contribution in [0.4, 0.5) is 13.2 Å². The van der Waals surface area contributed by atoms with Gasteiger partial charge in [0.05, 0.1) is 6.04 Å². The van der Waals surface area contributed by atoms with Gasteiger partial charge >= 0.3 is 12.1 Å². The molecule has 2 aliphatic rings. The van der Waals surface area contributed by atoms with Gasteiger partial charge in [-0.25, -0.2) is 4.79 Å². The Bertz CT molecular complexity index is 421. The Morgan fingerprint density at radius 3 is 2.47 bits per heavy atom. The van der Waals surface area contributed by atoms with E-state index >= 15 is 0 Å². The number of halogens is 3. The standard InChI is InChI=1S/C11H12F3NO2/c1-5-6-3-7(8(4-6)15(5)2)9(10(16)17)11(12,13)14/h6,8H,1,3-4H2,2H3,(H,16,17)/b9-7-. The number of likely N-dealkylation sites (tertiary alicyclic amines) is 1. The number of fused-ring (bicyclic) bond motifs is 2. The number of carboxylic acid groups (broad SMARTS) is 1. The highest BCUT2D eigenvalue weighted by Gasteiger charge is 2.50. The molecule has 1 heterocycles. The Hall–Kier alpha value is -1.46. The fraction of sp³-hybridized carbons (Fsp3) is 0.545. The molecule has 2 atom stereocenters. The number of rotatable bonds is 1. The summed E-state index contributed by atoms with van der Waals surface area (Å²) in [6, 6.07) is -0.458. The smallest absolute Gasteiger partial charge is 0.423 e. The van der Waals surface area contributed by atoms with E-state index < -0.39 is 23.8 Å². The van der Waals surface area contributed by atoms with Crippen LogP contribution in [0.5, 0.6) is 0 Å². The summed E-state index contributed by atoms with van der Waals surface area (Å²) >= 11 is 0. The second-order valence-corrected chi connectivity index (χ2v) is 4.46. The number of piperidine rings is 1. The van der Waals surface area contributed by atoms with E-state index in [-0.39, 0.29) is 17.9 Å². The molecule has 6 heteroatoms.